The SMILES string of the molecule is C=CC(=O)OCCCOc1ccc(-c2ccc(O/C=C/COC)cc2)cc1. The van der Waals surface area contributed by atoms with E-state index in [1.165, 1.54) is 0 Å². The number of benzene rings is 2. The Hall–Kier alpha value is -3.05. The van der Waals surface area contributed by atoms with Crippen molar-refractivity contribution >= 4 is 5.97 Å². The van der Waals surface area contributed by atoms with E-state index in [0.29, 0.717) is 26.2 Å². The normalized spacial score (nSPS) is 10.6. The van der Waals surface area contributed by atoms with E-state index >= 15 is 0 Å². The van der Waals surface area contributed by atoms with Gasteiger partial charge in [0.05, 0.1) is 26.1 Å². The molecule has 0 radical (unpaired) electrons. The highest BCUT2D eigenvalue weighted by Gasteiger charge is 2.01. The summed E-state index contributed by atoms with van der Waals surface area (Å²) in [7, 11) is 1.64. The number of hydrogen-bond acceptors (Lipinski definition) is 5. The zero-order valence-corrected chi connectivity index (χ0v) is 15.4. The lowest BCUT2D eigenvalue weighted by Crippen LogP contribution is -2.06. The minimum Gasteiger partial charge on any atom is -0.493 e. The quantitative estimate of drug-likeness (QED) is 0.255. The molecule has 2 aromatic rings. The van der Waals surface area contributed by atoms with Gasteiger partial charge in [0.1, 0.15) is 11.5 Å². The number of carbonyl (C=O) groups is 1. The molecule has 0 atom stereocenters. The van der Waals surface area contributed by atoms with Gasteiger partial charge in [-0.15, -0.1) is 0 Å². The van der Waals surface area contributed by atoms with Crippen LogP contribution in [0.25, 0.3) is 11.1 Å². The zero-order chi connectivity index (χ0) is 19.3. The number of rotatable bonds is 11. The van der Waals surface area contributed by atoms with Crippen LogP contribution in [0.5, 0.6) is 11.5 Å². The fourth-order valence-corrected chi connectivity index (χ4v) is 2.21. The topological polar surface area (TPSA) is 54.0 Å². The van der Waals surface area contributed by atoms with E-state index in [4.69, 9.17) is 18.9 Å². The Kier molecular flexibility index (Phi) is 8.66. The minimum absolute atomic E-state index is 0.317. The fraction of sp³-hybridized carbons (Fsp3) is 0.227. The second-order valence-electron chi connectivity index (χ2n) is 5.57. The van der Waals surface area contributed by atoms with E-state index in [9.17, 15) is 4.79 Å². The summed E-state index contributed by atoms with van der Waals surface area (Å²) in [6.45, 7) is 4.66. The molecule has 0 bridgehead atoms. The van der Waals surface area contributed by atoms with Gasteiger partial charge in [0.2, 0.25) is 0 Å². The Labute approximate surface area is 159 Å². The van der Waals surface area contributed by atoms with Crippen LogP contribution in [0.1, 0.15) is 6.42 Å². The third-order valence-electron chi connectivity index (χ3n) is 3.57. The monoisotopic (exact) mass is 368 g/mol. The summed E-state index contributed by atoms with van der Waals surface area (Å²) in [5.41, 5.74) is 2.18. The van der Waals surface area contributed by atoms with Crippen molar-refractivity contribution in [2.45, 2.75) is 6.42 Å². The van der Waals surface area contributed by atoms with Gasteiger partial charge in [-0.3, -0.25) is 0 Å². The lowest BCUT2D eigenvalue weighted by molar-refractivity contribution is -0.137. The molecule has 0 fully saturated rings. The number of carbonyl (C=O) groups excluding carboxylic acids is 1. The first kappa shape index (κ1) is 20.3. The standard InChI is InChI=1S/C22H24O5/c1-3-22(23)27-17-5-16-26-21-12-8-19(9-13-21)18-6-10-20(11-7-18)25-15-4-14-24-2/h3-4,6-13,15H,1,5,14,16-17H2,2H3/b15-4+. The fourth-order valence-electron chi connectivity index (χ4n) is 2.21. The zero-order valence-electron chi connectivity index (χ0n) is 15.4. The molecule has 0 unspecified atom stereocenters. The summed E-state index contributed by atoms with van der Waals surface area (Å²) >= 11 is 0. The average Bonchev–Trinajstić information content (AvgIpc) is 2.72. The van der Waals surface area contributed by atoms with Crippen LogP contribution >= 0.6 is 0 Å². The van der Waals surface area contributed by atoms with Crippen LogP contribution in [-0.4, -0.2) is 32.9 Å². The largest absolute Gasteiger partial charge is 0.493 e. The molecule has 0 aliphatic heterocycles. The van der Waals surface area contributed by atoms with E-state index in [2.05, 4.69) is 6.58 Å². The van der Waals surface area contributed by atoms with Gasteiger partial charge in [-0.05, 0) is 41.5 Å². The molecular formula is C22H24O5. The van der Waals surface area contributed by atoms with Gasteiger partial charge in [0, 0.05) is 19.6 Å². The lowest BCUT2D eigenvalue weighted by atomic mass is 10.1. The van der Waals surface area contributed by atoms with Crippen molar-refractivity contribution in [2.24, 2.45) is 0 Å². The van der Waals surface area contributed by atoms with Gasteiger partial charge in [0.15, 0.2) is 0 Å². The first-order chi connectivity index (χ1) is 13.2. The van der Waals surface area contributed by atoms with Crippen molar-refractivity contribution in [1.82, 2.24) is 0 Å². The molecule has 27 heavy (non-hydrogen) atoms. The summed E-state index contributed by atoms with van der Waals surface area (Å²) < 4.78 is 20.9. The number of methoxy groups -OCH3 is 1. The van der Waals surface area contributed by atoms with E-state index < -0.39 is 5.97 Å². The van der Waals surface area contributed by atoms with Gasteiger partial charge in [-0.2, -0.15) is 0 Å². The van der Waals surface area contributed by atoms with E-state index in [1.54, 1.807) is 19.4 Å². The second-order valence-corrected chi connectivity index (χ2v) is 5.57. The third-order valence-corrected chi connectivity index (χ3v) is 3.57. The molecule has 0 N–H and O–H groups in total. The van der Waals surface area contributed by atoms with Crippen LogP contribution in [0.15, 0.2) is 73.5 Å². The maximum atomic E-state index is 10.9. The third kappa shape index (κ3) is 7.38. The molecule has 5 nitrogen and oxygen atoms in total. The summed E-state index contributed by atoms with van der Waals surface area (Å²) in [5, 5.41) is 0. The Balaban J connectivity index is 1.80. The van der Waals surface area contributed by atoms with E-state index in [-0.39, 0.29) is 0 Å². The smallest absolute Gasteiger partial charge is 0.330 e. The molecule has 0 amide bonds. The molecule has 2 aromatic carbocycles. The first-order valence-corrected chi connectivity index (χ1v) is 8.66. The number of hydrogen-bond donors (Lipinski definition) is 0. The van der Waals surface area contributed by atoms with Crippen molar-refractivity contribution in [2.75, 3.05) is 26.9 Å². The van der Waals surface area contributed by atoms with Crippen molar-refractivity contribution < 1.29 is 23.7 Å². The van der Waals surface area contributed by atoms with Crippen LogP contribution in [0.3, 0.4) is 0 Å². The van der Waals surface area contributed by atoms with Crippen LogP contribution in [0, 0.1) is 0 Å². The molecule has 0 saturated carbocycles. The van der Waals surface area contributed by atoms with Crippen molar-refractivity contribution in [1.29, 1.82) is 0 Å². The number of ether oxygens (including phenoxy) is 4. The Morgan fingerprint density at radius 2 is 1.59 bits per heavy atom. The molecule has 0 heterocycles. The minimum atomic E-state index is -0.415. The van der Waals surface area contributed by atoms with Crippen molar-refractivity contribution in [3.05, 3.63) is 73.5 Å². The summed E-state index contributed by atoms with van der Waals surface area (Å²) in [5.74, 6) is 1.13. The van der Waals surface area contributed by atoms with E-state index in [1.807, 2.05) is 48.5 Å². The van der Waals surface area contributed by atoms with Crippen LogP contribution in [0.2, 0.25) is 0 Å². The predicted molar refractivity (Wildman–Crippen MR) is 105 cm³/mol. The highest BCUT2D eigenvalue weighted by molar-refractivity contribution is 5.81. The molecule has 0 spiro atoms. The highest BCUT2D eigenvalue weighted by Crippen LogP contribution is 2.24. The molecule has 5 heteroatoms. The maximum Gasteiger partial charge on any atom is 0.330 e. The van der Waals surface area contributed by atoms with Crippen LogP contribution in [0.4, 0.5) is 0 Å². The van der Waals surface area contributed by atoms with Gasteiger partial charge in [-0.25, -0.2) is 4.79 Å². The molecule has 2 rings (SSSR count). The Morgan fingerprint density at radius 1 is 0.963 bits per heavy atom. The first-order valence-electron chi connectivity index (χ1n) is 8.66. The molecule has 0 saturated heterocycles. The van der Waals surface area contributed by atoms with Gasteiger partial charge in [0.25, 0.3) is 0 Å². The predicted octanol–water partition coefficient (Wildman–Crippen LogP) is 4.39. The number of esters is 1. The summed E-state index contributed by atoms with van der Waals surface area (Å²) in [6.07, 6.45) is 5.19. The Bertz CT molecular complexity index is 732. The molecule has 0 aliphatic rings. The second kappa shape index (κ2) is 11.5. The van der Waals surface area contributed by atoms with Crippen molar-refractivity contribution in [3.63, 3.8) is 0 Å². The Morgan fingerprint density at radius 3 is 2.19 bits per heavy atom. The van der Waals surface area contributed by atoms with Crippen LogP contribution < -0.4 is 9.47 Å². The van der Waals surface area contributed by atoms with Gasteiger partial charge in [-0.1, -0.05) is 30.8 Å². The molecule has 142 valence electrons. The maximum absolute atomic E-state index is 10.9. The average molecular weight is 368 g/mol. The molecular weight excluding hydrogens is 344 g/mol. The molecule has 0 aliphatic carbocycles. The highest BCUT2D eigenvalue weighted by atomic mass is 16.5. The molecule has 0 aromatic heterocycles. The van der Waals surface area contributed by atoms with Gasteiger partial charge >= 0.3 is 5.97 Å². The van der Waals surface area contributed by atoms with E-state index in [0.717, 1.165) is 28.7 Å². The lowest BCUT2D eigenvalue weighted by Gasteiger charge is -2.08. The van der Waals surface area contributed by atoms with Crippen LogP contribution in [-0.2, 0) is 14.3 Å². The van der Waals surface area contributed by atoms with Gasteiger partial charge < -0.3 is 18.9 Å². The summed E-state index contributed by atoms with van der Waals surface area (Å²) in [4.78, 5) is 10.9. The summed E-state index contributed by atoms with van der Waals surface area (Å²) in [6, 6.07) is 15.7. The van der Waals surface area contributed by atoms with Crippen molar-refractivity contribution in [3.8, 4) is 22.6 Å².